The van der Waals surface area contributed by atoms with Crippen molar-refractivity contribution in [2.45, 2.75) is 19.9 Å². The number of likely N-dealkylation sites (N-methyl/N-ethyl adjacent to an activating group) is 1. The van der Waals surface area contributed by atoms with Crippen molar-refractivity contribution in [3.05, 3.63) is 0 Å². The van der Waals surface area contributed by atoms with E-state index in [0.29, 0.717) is 0 Å². The summed E-state index contributed by atoms with van der Waals surface area (Å²) in [5.74, 6) is -2.14. The van der Waals surface area contributed by atoms with Gasteiger partial charge in [0.15, 0.2) is 6.04 Å². The van der Waals surface area contributed by atoms with Crippen molar-refractivity contribution in [2.75, 3.05) is 19.7 Å². The average Bonchev–Trinajstić information content (AvgIpc) is 2.23. The molecule has 0 aliphatic carbocycles. The first kappa shape index (κ1) is 14.4. The van der Waals surface area contributed by atoms with Gasteiger partial charge in [-0.2, -0.15) is 0 Å². The Balaban J connectivity index is 4.49. The first-order valence-corrected chi connectivity index (χ1v) is 4.93. The van der Waals surface area contributed by atoms with Crippen LogP contribution in [-0.2, 0) is 19.1 Å². The van der Waals surface area contributed by atoms with Gasteiger partial charge >= 0.3 is 5.97 Å². The molecule has 0 rings (SSSR count). The lowest BCUT2D eigenvalue weighted by molar-refractivity contribution is -0.151. The van der Waals surface area contributed by atoms with Crippen LogP contribution in [0.2, 0.25) is 0 Å². The summed E-state index contributed by atoms with van der Waals surface area (Å²) in [6.07, 6.45) is 0. The van der Waals surface area contributed by atoms with Gasteiger partial charge in [0.2, 0.25) is 5.91 Å². The molecule has 4 N–H and O–H groups in total. The van der Waals surface area contributed by atoms with Crippen molar-refractivity contribution >= 4 is 17.8 Å². The summed E-state index contributed by atoms with van der Waals surface area (Å²) in [6, 6.07) is -1.40. The first-order chi connectivity index (χ1) is 7.43. The third-order valence-corrected chi connectivity index (χ3v) is 1.85. The smallest absolute Gasteiger partial charge is 0.332 e. The van der Waals surface area contributed by atoms with Crippen LogP contribution in [0.1, 0.15) is 13.8 Å². The molecule has 7 heteroatoms. The van der Waals surface area contributed by atoms with Gasteiger partial charge in [0.1, 0.15) is 0 Å². The third kappa shape index (κ3) is 4.26. The zero-order valence-corrected chi connectivity index (χ0v) is 9.43. The molecule has 92 valence electrons. The summed E-state index contributed by atoms with van der Waals surface area (Å²) in [7, 11) is 0. The zero-order chi connectivity index (χ0) is 12.7. The number of nitrogens with zero attached hydrogens (tertiary/aromatic N) is 1. The van der Waals surface area contributed by atoms with E-state index in [2.05, 4.69) is 4.74 Å². The van der Waals surface area contributed by atoms with Crippen LogP contribution in [0.15, 0.2) is 0 Å². The fraction of sp³-hybridized carbons (Fsp3) is 0.667. The van der Waals surface area contributed by atoms with Gasteiger partial charge < -0.3 is 21.1 Å². The summed E-state index contributed by atoms with van der Waals surface area (Å²) in [4.78, 5) is 34.6. The van der Waals surface area contributed by atoms with E-state index in [1.807, 2.05) is 0 Å². The van der Waals surface area contributed by atoms with Gasteiger partial charge in [-0.15, -0.1) is 0 Å². The van der Waals surface area contributed by atoms with Gasteiger partial charge in [0.05, 0.1) is 13.2 Å². The molecule has 0 saturated heterocycles. The fourth-order valence-electron chi connectivity index (χ4n) is 1.06. The average molecular weight is 231 g/mol. The molecule has 1 atom stereocenters. The predicted octanol–water partition coefficient (Wildman–Crippen LogP) is -1.79. The molecule has 0 heterocycles. The van der Waals surface area contributed by atoms with Crippen molar-refractivity contribution < 1.29 is 19.1 Å². The van der Waals surface area contributed by atoms with E-state index in [0.717, 1.165) is 4.90 Å². The Morgan fingerprint density at radius 2 is 1.88 bits per heavy atom. The molecule has 0 spiro atoms. The maximum absolute atomic E-state index is 11.6. The Morgan fingerprint density at radius 1 is 1.31 bits per heavy atom. The molecule has 0 fully saturated rings. The molecule has 0 aliphatic rings. The zero-order valence-electron chi connectivity index (χ0n) is 9.43. The van der Waals surface area contributed by atoms with E-state index in [1.54, 1.807) is 13.8 Å². The minimum atomic E-state index is -1.40. The Morgan fingerprint density at radius 3 is 2.25 bits per heavy atom. The summed E-state index contributed by atoms with van der Waals surface area (Å²) in [6.45, 7) is 3.38. The van der Waals surface area contributed by atoms with E-state index in [4.69, 9.17) is 11.5 Å². The lowest BCUT2D eigenvalue weighted by Gasteiger charge is -2.21. The number of esters is 1. The molecule has 7 nitrogen and oxygen atoms in total. The number of carbonyl (C=O) groups excluding carboxylic acids is 3. The van der Waals surface area contributed by atoms with Gasteiger partial charge in [0, 0.05) is 6.54 Å². The van der Waals surface area contributed by atoms with Crippen LogP contribution in [0, 0.1) is 0 Å². The van der Waals surface area contributed by atoms with E-state index in [9.17, 15) is 14.4 Å². The van der Waals surface area contributed by atoms with Crippen molar-refractivity contribution in [1.29, 1.82) is 0 Å². The van der Waals surface area contributed by atoms with E-state index in [1.165, 1.54) is 0 Å². The van der Waals surface area contributed by atoms with Crippen molar-refractivity contribution in [2.24, 2.45) is 11.5 Å². The first-order valence-electron chi connectivity index (χ1n) is 4.93. The van der Waals surface area contributed by atoms with Crippen molar-refractivity contribution in [1.82, 2.24) is 4.90 Å². The highest BCUT2D eigenvalue weighted by Crippen LogP contribution is 1.96. The molecule has 2 amide bonds. The SMILES string of the molecule is CCOC(=O)C(N)C(=O)N(CC)CC(N)=O. The van der Waals surface area contributed by atoms with E-state index < -0.39 is 23.8 Å². The van der Waals surface area contributed by atoms with Crippen molar-refractivity contribution in [3.8, 4) is 0 Å². The standard InChI is InChI=1S/C9H17N3O4/c1-3-12(5-6(10)13)8(14)7(11)9(15)16-4-2/h7H,3-5,11H2,1-2H3,(H2,10,13). The summed E-state index contributed by atoms with van der Waals surface area (Å²) < 4.78 is 4.60. The maximum Gasteiger partial charge on any atom is 0.332 e. The highest BCUT2D eigenvalue weighted by atomic mass is 16.5. The van der Waals surface area contributed by atoms with Crippen LogP contribution in [0.25, 0.3) is 0 Å². The predicted molar refractivity (Wildman–Crippen MR) is 56.1 cm³/mol. The molecule has 0 saturated carbocycles. The number of carbonyl (C=O) groups is 3. The minimum absolute atomic E-state index is 0.141. The highest BCUT2D eigenvalue weighted by Gasteiger charge is 2.28. The lowest BCUT2D eigenvalue weighted by Crippen LogP contribution is -2.51. The van der Waals surface area contributed by atoms with Crippen LogP contribution in [0.4, 0.5) is 0 Å². The van der Waals surface area contributed by atoms with Gasteiger partial charge in [-0.25, -0.2) is 4.79 Å². The maximum atomic E-state index is 11.6. The quantitative estimate of drug-likeness (QED) is 0.413. The van der Waals surface area contributed by atoms with Crippen LogP contribution >= 0.6 is 0 Å². The van der Waals surface area contributed by atoms with Crippen molar-refractivity contribution in [3.63, 3.8) is 0 Å². The Bertz CT molecular complexity index is 280. The second-order valence-corrected chi connectivity index (χ2v) is 3.05. The van der Waals surface area contributed by atoms with Crippen LogP contribution in [-0.4, -0.2) is 48.4 Å². The molecule has 16 heavy (non-hydrogen) atoms. The number of rotatable bonds is 6. The Hall–Kier alpha value is -1.63. The minimum Gasteiger partial charge on any atom is -0.464 e. The van der Waals surface area contributed by atoms with Gasteiger partial charge in [-0.3, -0.25) is 9.59 Å². The third-order valence-electron chi connectivity index (χ3n) is 1.85. The molecule has 0 radical (unpaired) electrons. The van der Waals surface area contributed by atoms with E-state index >= 15 is 0 Å². The van der Waals surface area contributed by atoms with Gasteiger partial charge in [0.25, 0.3) is 5.91 Å². The number of ether oxygens (including phenoxy) is 1. The number of amides is 2. The lowest BCUT2D eigenvalue weighted by atomic mass is 10.2. The largest absolute Gasteiger partial charge is 0.464 e. The van der Waals surface area contributed by atoms with Crippen LogP contribution < -0.4 is 11.5 Å². The molecule has 1 unspecified atom stereocenters. The van der Waals surface area contributed by atoms with Crippen LogP contribution in [0.3, 0.4) is 0 Å². The molecule has 0 aliphatic heterocycles. The van der Waals surface area contributed by atoms with Gasteiger partial charge in [-0.1, -0.05) is 0 Å². The highest BCUT2D eigenvalue weighted by molar-refractivity contribution is 6.02. The topological polar surface area (TPSA) is 116 Å². The second-order valence-electron chi connectivity index (χ2n) is 3.05. The number of primary amides is 1. The molecular formula is C9H17N3O4. The molecular weight excluding hydrogens is 214 g/mol. The second kappa shape index (κ2) is 6.78. The Labute approximate surface area is 93.7 Å². The number of nitrogens with two attached hydrogens (primary N) is 2. The van der Waals surface area contributed by atoms with Crippen LogP contribution in [0.5, 0.6) is 0 Å². The number of hydrogen-bond donors (Lipinski definition) is 2. The number of hydrogen-bond acceptors (Lipinski definition) is 5. The molecule has 0 bridgehead atoms. The molecule has 0 aromatic carbocycles. The summed E-state index contributed by atoms with van der Waals surface area (Å²) in [5.41, 5.74) is 10.3. The monoisotopic (exact) mass is 231 g/mol. The molecule has 0 aromatic heterocycles. The molecule has 0 aromatic rings. The summed E-state index contributed by atoms with van der Waals surface area (Å²) in [5, 5.41) is 0. The fourth-order valence-corrected chi connectivity index (χ4v) is 1.06. The normalized spacial score (nSPS) is 11.7. The van der Waals surface area contributed by atoms with Gasteiger partial charge in [-0.05, 0) is 13.8 Å². The Kier molecular flexibility index (Phi) is 6.09. The van der Waals surface area contributed by atoms with E-state index in [-0.39, 0.29) is 19.7 Å². The summed E-state index contributed by atoms with van der Waals surface area (Å²) >= 11 is 0.